The zero-order chi connectivity index (χ0) is 14.8. The first-order chi connectivity index (χ1) is 9.44. The fourth-order valence-electron chi connectivity index (χ4n) is 2.55. The first-order valence-corrected chi connectivity index (χ1v) is 6.76. The van der Waals surface area contributed by atoms with Gasteiger partial charge in [0.15, 0.2) is 0 Å². The number of nitrogens with two attached hydrogens (primary N) is 1. The maximum absolute atomic E-state index is 11.7. The summed E-state index contributed by atoms with van der Waals surface area (Å²) in [5.41, 5.74) is 6.24. The van der Waals surface area contributed by atoms with Gasteiger partial charge in [-0.3, -0.25) is 4.79 Å². The van der Waals surface area contributed by atoms with E-state index in [1.165, 1.54) is 7.11 Å². The van der Waals surface area contributed by atoms with Crippen LogP contribution in [0.5, 0.6) is 5.75 Å². The summed E-state index contributed by atoms with van der Waals surface area (Å²) in [7, 11) is 5.33. The van der Waals surface area contributed by atoms with Gasteiger partial charge >= 0.3 is 5.97 Å². The van der Waals surface area contributed by atoms with Crippen LogP contribution in [0.25, 0.3) is 0 Å². The molecule has 1 aromatic carbocycles. The Labute approximate surface area is 119 Å². The van der Waals surface area contributed by atoms with Crippen LogP contribution in [0.4, 0.5) is 5.69 Å². The van der Waals surface area contributed by atoms with Crippen molar-refractivity contribution in [3.63, 3.8) is 0 Å². The van der Waals surface area contributed by atoms with E-state index in [0.29, 0.717) is 12.8 Å². The Bertz CT molecular complexity index is 490. The van der Waals surface area contributed by atoms with E-state index >= 15 is 0 Å². The van der Waals surface area contributed by atoms with Gasteiger partial charge in [0, 0.05) is 32.3 Å². The average molecular weight is 278 g/mol. The lowest BCUT2D eigenvalue weighted by Gasteiger charge is -2.21. The summed E-state index contributed by atoms with van der Waals surface area (Å²) >= 11 is 0. The molecule has 2 unspecified atom stereocenters. The van der Waals surface area contributed by atoms with Crippen molar-refractivity contribution >= 4 is 11.7 Å². The van der Waals surface area contributed by atoms with Crippen LogP contribution in [0.3, 0.4) is 0 Å². The minimum atomic E-state index is -0.904. The zero-order valence-corrected chi connectivity index (χ0v) is 12.3. The van der Waals surface area contributed by atoms with Gasteiger partial charge in [0.1, 0.15) is 17.4 Å². The minimum absolute atomic E-state index is 0.0449. The molecule has 1 aliphatic carbocycles. The van der Waals surface area contributed by atoms with Gasteiger partial charge in [0.05, 0.1) is 7.11 Å². The maximum atomic E-state index is 11.7. The molecule has 110 valence electrons. The second-order valence-electron chi connectivity index (χ2n) is 5.52. The minimum Gasteiger partial charge on any atom is -0.490 e. The van der Waals surface area contributed by atoms with E-state index in [0.717, 1.165) is 17.9 Å². The SMILES string of the molecule is COC(=O)C1(N)CCC(Oc2cccc(N(C)C)c2)C1. The van der Waals surface area contributed by atoms with Crippen molar-refractivity contribution in [2.45, 2.75) is 30.9 Å². The Hall–Kier alpha value is -1.75. The molecule has 0 amide bonds. The molecule has 0 radical (unpaired) electrons. The molecule has 0 saturated heterocycles. The third kappa shape index (κ3) is 3.04. The summed E-state index contributed by atoms with van der Waals surface area (Å²) < 4.78 is 10.7. The number of methoxy groups -OCH3 is 1. The van der Waals surface area contributed by atoms with E-state index < -0.39 is 5.54 Å². The molecule has 0 aromatic heterocycles. The molecule has 0 heterocycles. The van der Waals surface area contributed by atoms with Crippen LogP contribution < -0.4 is 15.4 Å². The first-order valence-electron chi connectivity index (χ1n) is 6.76. The fraction of sp³-hybridized carbons (Fsp3) is 0.533. The van der Waals surface area contributed by atoms with Gasteiger partial charge in [-0.25, -0.2) is 0 Å². The van der Waals surface area contributed by atoms with E-state index in [1.54, 1.807) is 0 Å². The van der Waals surface area contributed by atoms with Crippen LogP contribution in [0, 0.1) is 0 Å². The molecule has 2 N–H and O–H groups in total. The normalized spacial score (nSPS) is 25.3. The number of anilines is 1. The lowest BCUT2D eigenvalue weighted by molar-refractivity contribution is -0.147. The van der Waals surface area contributed by atoms with Gasteiger partial charge in [-0.05, 0) is 25.0 Å². The van der Waals surface area contributed by atoms with Crippen molar-refractivity contribution in [1.82, 2.24) is 0 Å². The lowest BCUT2D eigenvalue weighted by atomic mass is 10.00. The third-order valence-corrected chi connectivity index (χ3v) is 3.73. The Morgan fingerprint density at radius 3 is 2.85 bits per heavy atom. The lowest BCUT2D eigenvalue weighted by Crippen LogP contribution is -2.47. The number of benzene rings is 1. The molecule has 0 bridgehead atoms. The summed E-state index contributed by atoms with van der Waals surface area (Å²) in [4.78, 5) is 13.7. The number of hydrogen-bond donors (Lipinski definition) is 1. The van der Waals surface area contributed by atoms with Crippen LogP contribution >= 0.6 is 0 Å². The monoisotopic (exact) mass is 278 g/mol. The number of carbonyl (C=O) groups is 1. The van der Waals surface area contributed by atoms with Crippen molar-refractivity contribution in [3.05, 3.63) is 24.3 Å². The zero-order valence-electron chi connectivity index (χ0n) is 12.3. The predicted molar refractivity (Wildman–Crippen MR) is 78.0 cm³/mol. The predicted octanol–water partition coefficient (Wildman–Crippen LogP) is 1.55. The van der Waals surface area contributed by atoms with Crippen LogP contribution in [0.15, 0.2) is 24.3 Å². The van der Waals surface area contributed by atoms with E-state index in [-0.39, 0.29) is 12.1 Å². The van der Waals surface area contributed by atoms with E-state index in [2.05, 4.69) is 0 Å². The number of carbonyl (C=O) groups excluding carboxylic acids is 1. The highest BCUT2D eigenvalue weighted by molar-refractivity contribution is 5.80. The van der Waals surface area contributed by atoms with E-state index in [4.69, 9.17) is 15.2 Å². The largest absolute Gasteiger partial charge is 0.490 e. The second kappa shape index (κ2) is 5.71. The van der Waals surface area contributed by atoms with Crippen molar-refractivity contribution in [2.24, 2.45) is 5.73 Å². The highest BCUT2D eigenvalue weighted by Gasteiger charge is 2.44. The molecule has 1 aliphatic rings. The van der Waals surface area contributed by atoms with Crippen molar-refractivity contribution in [2.75, 3.05) is 26.1 Å². The molecular weight excluding hydrogens is 256 g/mol. The number of esters is 1. The Balaban J connectivity index is 2.02. The van der Waals surface area contributed by atoms with Crippen LogP contribution in [-0.2, 0) is 9.53 Å². The topological polar surface area (TPSA) is 64.8 Å². The van der Waals surface area contributed by atoms with Gasteiger partial charge in [0.25, 0.3) is 0 Å². The molecule has 1 aromatic rings. The molecule has 0 spiro atoms. The van der Waals surface area contributed by atoms with Gasteiger partial charge in [0.2, 0.25) is 0 Å². The molecule has 2 rings (SSSR count). The number of hydrogen-bond acceptors (Lipinski definition) is 5. The van der Waals surface area contributed by atoms with Crippen LogP contribution in [-0.4, -0.2) is 38.8 Å². The molecule has 20 heavy (non-hydrogen) atoms. The Kier molecular flexibility index (Phi) is 4.18. The summed E-state index contributed by atoms with van der Waals surface area (Å²) in [5.74, 6) is 0.445. The summed E-state index contributed by atoms with van der Waals surface area (Å²) in [6.07, 6.45) is 1.80. The van der Waals surface area contributed by atoms with Gasteiger partial charge in [-0.15, -0.1) is 0 Å². The summed E-state index contributed by atoms with van der Waals surface area (Å²) in [6.45, 7) is 0. The maximum Gasteiger partial charge on any atom is 0.325 e. The second-order valence-corrected chi connectivity index (χ2v) is 5.52. The smallest absolute Gasteiger partial charge is 0.325 e. The summed E-state index contributed by atoms with van der Waals surface area (Å²) in [5, 5.41) is 0. The molecule has 5 nitrogen and oxygen atoms in total. The highest BCUT2D eigenvalue weighted by Crippen LogP contribution is 2.32. The van der Waals surface area contributed by atoms with E-state index in [1.807, 2.05) is 43.3 Å². The average Bonchev–Trinajstić information content (AvgIpc) is 2.80. The van der Waals surface area contributed by atoms with Crippen molar-refractivity contribution in [1.29, 1.82) is 0 Å². The number of ether oxygens (including phenoxy) is 2. The molecule has 1 saturated carbocycles. The number of nitrogens with zero attached hydrogens (tertiary/aromatic N) is 1. The van der Waals surface area contributed by atoms with E-state index in [9.17, 15) is 4.79 Å². The quantitative estimate of drug-likeness (QED) is 0.847. The molecule has 5 heteroatoms. The molecular formula is C15H22N2O3. The Morgan fingerprint density at radius 1 is 1.45 bits per heavy atom. The first kappa shape index (κ1) is 14.7. The summed E-state index contributed by atoms with van der Waals surface area (Å²) in [6, 6.07) is 7.87. The fourth-order valence-corrected chi connectivity index (χ4v) is 2.55. The Morgan fingerprint density at radius 2 is 2.20 bits per heavy atom. The van der Waals surface area contributed by atoms with Gasteiger partial charge in [-0.1, -0.05) is 6.07 Å². The molecule has 0 aliphatic heterocycles. The van der Waals surface area contributed by atoms with Crippen LogP contribution in [0.2, 0.25) is 0 Å². The van der Waals surface area contributed by atoms with Gasteiger partial charge < -0.3 is 20.1 Å². The molecule has 2 atom stereocenters. The highest BCUT2D eigenvalue weighted by atomic mass is 16.5. The van der Waals surface area contributed by atoms with Crippen LogP contribution in [0.1, 0.15) is 19.3 Å². The van der Waals surface area contributed by atoms with Crippen molar-refractivity contribution < 1.29 is 14.3 Å². The van der Waals surface area contributed by atoms with Crippen molar-refractivity contribution in [3.8, 4) is 5.75 Å². The number of rotatable bonds is 4. The standard InChI is InChI=1S/C15H22N2O3/c1-17(2)11-5-4-6-12(9-11)20-13-7-8-15(16,10-13)14(18)19-3/h4-6,9,13H,7-8,10,16H2,1-3H3. The van der Waals surface area contributed by atoms with Gasteiger partial charge in [-0.2, -0.15) is 0 Å². The third-order valence-electron chi connectivity index (χ3n) is 3.73. The molecule has 1 fully saturated rings.